The fourth-order valence-corrected chi connectivity index (χ4v) is 6.83. The smallest absolute Gasteiger partial charge is 0.326 e. The molecule has 0 spiro atoms. The van der Waals surface area contributed by atoms with Gasteiger partial charge in [-0.3, -0.25) is 14.4 Å². The van der Waals surface area contributed by atoms with Gasteiger partial charge in [-0.15, -0.1) is 0 Å². The van der Waals surface area contributed by atoms with Gasteiger partial charge in [-0.25, -0.2) is 9.18 Å². The SMILES string of the molecule is C[C@H](CN1CCOCC1)N1CCC(n2c(=O)[nH]c3cc(C=C4c5ccccc5COc5cc(F)ccc54)ccc32)CC1. The Balaban J connectivity index is 1.14. The molecular weight excluding hydrogens is 531 g/mol. The molecule has 3 aliphatic rings. The zero-order valence-corrected chi connectivity index (χ0v) is 24.0. The van der Waals surface area contributed by atoms with E-state index in [1.165, 1.54) is 12.1 Å². The molecule has 3 aromatic carbocycles. The number of hydrogen-bond donors (Lipinski definition) is 1. The van der Waals surface area contributed by atoms with E-state index in [-0.39, 0.29) is 17.5 Å². The lowest BCUT2D eigenvalue weighted by atomic mass is 9.92. The van der Waals surface area contributed by atoms with Crippen molar-refractivity contribution in [1.29, 1.82) is 0 Å². The second kappa shape index (κ2) is 11.5. The molecule has 0 unspecified atom stereocenters. The summed E-state index contributed by atoms with van der Waals surface area (Å²) >= 11 is 0. The third kappa shape index (κ3) is 5.30. The molecule has 1 atom stereocenters. The highest BCUT2D eigenvalue weighted by atomic mass is 19.1. The Kier molecular flexibility index (Phi) is 7.44. The number of aromatic amines is 1. The van der Waals surface area contributed by atoms with E-state index < -0.39 is 0 Å². The normalized spacial score (nSPS) is 20.2. The second-order valence-corrected chi connectivity index (χ2v) is 11.8. The van der Waals surface area contributed by atoms with Crippen LogP contribution in [0.2, 0.25) is 0 Å². The van der Waals surface area contributed by atoms with Crippen molar-refractivity contribution < 1.29 is 13.9 Å². The van der Waals surface area contributed by atoms with Gasteiger partial charge in [0.1, 0.15) is 18.2 Å². The number of fused-ring (bicyclic) bond motifs is 3. The molecule has 2 fully saturated rings. The minimum atomic E-state index is -0.322. The van der Waals surface area contributed by atoms with Gasteiger partial charge in [0.25, 0.3) is 0 Å². The molecule has 0 amide bonds. The molecule has 4 aromatic rings. The quantitative estimate of drug-likeness (QED) is 0.354. The van der Waals surface area contributed by atoms with E-state index in [2.05, 4.69) is 46.0 Å². The van der Waals surface area contributed by atoms with E-state index in [4.69, 9.17) is 9.47 Å². The van der Waals surface area contributed by atoms with Crippen molar-refractivity contribution in [3.8, 4) is 5.75 Å². The number of halogens is 1. The number of aromatic nitrogens is 2. The molecule has 7 rings (SSSR count). The van der Waals surface area contributed by atoms with Crippen molar-refractivity contribution in [3.63, 3.8) is 0 Å². The highest BCUT2D eigenvalue weighted by Crippen LogP contribution is 2.38. The number of nitrogens with one attached hydrogen (secondary N) is 1. The molecule has 7 nitrogen and oxygen atoms in total. The fourth-order valence-electron chi connectivity index (χ4n) is 6.83. The number of imidazole rings is 1. The van der Waals surface area contributed by atoms with Gasteiger partial charge in [0, 0.05) is 56.4 Å². The molecule has 42 heavy (non-hydrogen) atoms. The lowest BCUT2D eigenvalue weighted by Gasteiger charge is -2.39. The van der Waals surface area contributed by atoms with Gasteiger partial charge >= 0.3 is 5.69 Å². The van der Waals surface area contributed by atoms with Crippen LogP contribution in [-0.4, -0.2) is 71.3 Å². The summed E-state index contributed by atoms with van der Waals surface area (Å²) in [4.78, 5) is 21.4. The van der Waals surface area contributed by atoms with E-state index in [1.807, 2.05) is 28.8 Å². The number of hydrogen-bond acceptors (Lipinski definition) is 5. The highest BCUT2D eigenvalue weighted by Gasteiger charge is 2.27. The minimum absolute atomic E-state index is 0.0522. The first kappa shape index (κ1) is 27.1. The predicted octanol–water partition coefficient (Wildman–Crippen LogP) is 5.31. The number of likely N-dealkylation sites (tertiary alicyclic amines) is 1. The molecule has 2 saturated heterocycles. The van der Waals surface area contributed by atoms with Crippen LogP contribution in [0.15, 0.2) is 65.5 Å². The van der Waals surface area contributed by atoms with Crippen molar-refractivity contribution in [2.24, 2.45) is 0 Å². The Bertz CT molecular complexity index is 1680. The molecule has 0 saturated carbocycles. The molecule has 3 aliphatic heterocycles. The average Bonchev–Trinajstić information content (AvgIpc) is 3.26. The number of piperidine rings is 1. The molecule has 1 aromatic heterocycles. The van der Waals surface area contributed by atoms with Crippen LogP contribution in [0.25, 0.3) is 22.7 Å². The summed E-state index contributed by atoms with van der Waals surface area (Å²) in [6, 6.07) is 19.6. The topological polar surface area (TPSA) is 62.7 Å². The molecule has 218 valence electrons. The summed E-state index contributed by atoms with van der Waals surface area (Å²) in [7, 11) is 0. The van der Waals surface area contributed by atoms with E-state index in [0.717, 1.165) is 97.6 Å². The summed E-state index contributed by atoms with van der Waals surface area (Å²) in [5.41, 5.74) is 6.60. The molecule has 1 N–H and O–H groups in total. The van der Waals surface area contributed by atoms with Crippen LogP contribution in [0.1, 0.15) is 48.1 Å². The van der Waals surface area contributed by atoms with Gasteiger partial charge in [-0.2, -0.15) is 0 Å². The summed E-state index contributed by atoms with van der Waals surface area (Å²) in [6.45, 7) is 9.40. The van der Waals surface area contributed by atoms with E-state index in [1.54, 1.807) is 6.07 Å². The first-order valence-corrected chi connectivity index (χ1v) is 15.0. The maximum absolute atomic E-state index is 14.1. The summed E-state index contributed by atoms with van der Waals surface area (Å²) in [5, 5.41) is 0. The zero-order valence-electron chi connectivity index (χ0n) is 24.0. The molecule has 0 bridgehead atoms. The number of rotatable bonds is 5. The van der Waals surface area contributed by atoms with Crippen molar-refractivity contribution in [2.45, 2.75) is 38.5 Å². The van der Waals surface area contributed by atoms with Crippen LogP contribution >= 0.6 is 0 Å². The lowest BCUT2D eigenvalue weighted by molar-refractivity contribution is 0.0208. The van der Waals surface area contributed by atoms with Crippen molar-refractivity contribution in [1.82, 2.24) is 19.4 Å². The van der Waals surface area contributed by atoms with Gasteiger partial charge in [0.2, 0.25) is 0 Å². The highest BCUT2D eigenvalue weighted by molar-refractivity contribution is 5.95. The monoisotopic (exact) mass is 568 g/mol. The van der Waals surface area contributed by atoms with Gasteiger partial charge in [0.05, 0.1) is 24.2 Å². The first-order valence-electron chi connectivity index (χ1n) is 15.0. The van der Waals surface area contributed by atoms with Gasteiger partial charge in [-0.1, -0.05) is 30.3 Å². The maximum Gasteiger partial charge on any atom is 0.326 e. The number of nitrogens with zero attached hydrogens (tertiary/aromatic N) is 3. The molecule has 0 radical (unpaired) electrons. The van der Waals surface area contributed by atoms with Crippen molar-refractivity contribution in [2.75, 3.05) is 45.9 Å². The standard InChI is InChI=1S/C34H37FN4O3/c1-23(21-37-14-16-41-17-15-37)38-12-10-27(11-13-38)39-32-9-6-24(19-31(32)36-34(39)40)18-30-28-5-3-2-4-25(28)22-42-33-20-26(35)7-8-29(30)33/h2-9,18-20,23,27H,10-17,21-22H2,1H3,(H,36,40)/t23-/m1/s1. The second-order valence-electron chi connectivity index (χ2n) is 11.8. The van der Waals surface area contributed by atoms with Crippen LogP contribution in [0.4, 0.5) is 4.39 Å². The van der Waals surface area contributed by atoms with E-state index in [0.29, 0.717) is 18.4 Å². The number of ether oxygens (including phenoxy) is 2. The summed E-state index contributed by atoms with van der Waals surface area (Å²) in [5.74, 6) is 0.209. The molecular formula is C34H37FN4O3. The largest absolute Gasteiger partial charge is 0.488 e. The Morgan fingerprint density at radius 2 is 1.81 bits per heavy atom. The lowest BCUT2D eigenvalue weighted by Crippen LogP contribution is -2.48. The average molecular weight is 569 g/mol. The summed E-state index contributed by atoms with van der Waals surface area (Å²) < 4.78 is 27.5. The minimum Gasteiger partial charge on any atom is -0.488 e. The van der Waals surface area contributed by atoms with Crippen molar-refractivity contribution >= 4 is 22.7 Å². The van der Waals surface area contributed by atoms with Gasteiger partial charge in [0.15, 0.2) is 0 Å². The maximum atomic E-state index is 14.1. The Hall–Kier alpha value is -3.72. The number of morpholine rings is 1. The molecule has 4 heterocycles. The van der Waals surface area contributed by atoms with E-state index in [9.17, 15) is 9.18 Å². The van der Waals surface area contributed by atoms with Crippen LogP contribution in [0, 0.1) is 5.82 Å². The van der Waals surface area contributed by atoms with Crippen LogP contribution in [0.5, 0.6) is 5.75 Å². The van der Waals surface area contributed by atoms with Crippen LogP contribution in [0.3, 0.4) is 0 Å². The Morgan fingerprint density at radius 1 is 1.00 bits per heavy atom. The number of H-pyrrole nitrogens is 1. The van der Waals surface area contributed by atoms with Crippen molar-refractivity contribution in [3.05, 3.63) is 99.2 Å². The third-order valence-electron chi connectivity index (χ3n) is 9.09. The fraction of sp³-hybridized carbons (Fsp3) is 0.382. The first-order chi connectivity index (χ1) is 20.5. The van der Waals surface area contributed by atoms with Gasteiger partial charge in [-0.05, 0) is 72.4 Å². The third-order valence-corrected chi connectivity index (χ3v) is 9.09. The zero-order chi connectivity index (χ0) is 28.6. The Labute approximate surface area is 245 Å². The Morgan fingerprint density at radius 3 is 2.64 bits per heavy atom. The van der Waals surface area contributed by atoms with Crippen LogP contribution in [-0.2, 0) is 11.3 Å². The van der Waals surface area contributed by atoms with Crippen LogP contribution < -0.4 is 10.4 Å². The molecule has 8 heteroatoms. The summed E-state index contributed by atoms with van der Waals surface area (Å²) in [6.07, 6.45) is 4.01. The van der Waals surface area contributed by atoms with Gasteiger partial charge < -0.3 is 14.5 Å². The number of benzene rings is 3. The predicted molar refractivity (Wildman–Crippen MR) is 163 cm³/mol. The van der Waals surface area contributed by atoms with E-state index >= 15 is 0 Å². The molecule has 0 aliphatic carbocycles.